The van der Waals surface area contributed by atoms with Crippen LogP contribution in [-0.4, -0.2) is 41.2 Å². The Morgan fingerprint density at radius 1 is 1.57 bits per heavy atom. The zero-order valence-electron chi connectivity index (χ0n) is 13.1. The fourth-order valence-electron chi connectivity index (χ4n) is 2.73. The average Bonchev–Trinajstić information content (AvgIpc) is 3.20. The fourth-order valence-corrected chi connectivity index (χ4v) is 3.42. The highest BCUT2D eigenvalue weighted by Gasteiger charge is 2.28. The molecule has 6 heteroatoms. The van der Waals surface area contributed by atoms with Crippen molar-refractivity contribution < 1.29 is 9.53 Å². The van der Waals surface area contributed by atoms with Gasteiger partial charge in [0, 0.05) is 25.2 Å². The summed E-state index contributed by atoms with van der Waals surface area (Å²) in [5.74, 6) is 0.755. The SMILES string of the molecule is CC(Cc1ccsc1)NC(=O)N1CCC(Oc2cccnc2)C1. The maximum Gasteiger partial charge on any atom is 0.317 e. The summed E-state index contributed by atoms with van der Waals surface area (Å²) in [5.41, 5.74) is 1.27. The molecule has 1 aliphatic rings. The summed E-state index contributed by atoms with van der Waals surface area (Å²) < 4.78 is 5.86. The van der Waals surface area contributed by atoms with E-state index < -0.39 is 0 Å². The summed E-state index contributed by atoms with van der Waals surface area (Å²) in [6.45, 7) is 3.38. The van der Waals surface area contributed by atoms with Gasteiger partial charge in [-0.1, -0.05) is 0 Å². The summed E-state index contributed by atoms with van der Waals surface area (Å²) in [4.78, 5) is 18.2. The molecule has 3 rings (SSSR count). The Labute approximate surface area is 140 Å². The number of likely N-dealkylation sites (tertiary alicyclic amines) is 1. The summed E-state index contributed by atoms with van der Waals surface area (Å²) in [6.07, 6.45) is 5.17. The Kier molecular flexibility index (Phi) is 5.12. The van der Waals surface area contributed by atoms with Crippen LogP contribution in [0.5, 0.6) is 5.75 Å². The number of pyridine rings is 1. The second kappa shape index (κ2) is 7.46. The molecule has 0 radical (unpaired) electrons. The number of thiophene rings is 1. The van der Waals surface area contributed by atoms with E-state index in [0.29, 0.717) is 6.54 Å². The number of carbonyl (C=O) groups is 1. The first-order valence-corrected chi connectivity index (χ1v) is 8.78. The molecule has 2 amide bonds. The van der Waals surface area contributed by atoms with Gasteiger partial charge in [-0.3, -0.25) is 4.98 Å². The van der Waals surface area contributed by atoms with Gasteiger partial charge in [0.15, 0.2) is 0 Å². The molecule has 0 saturated carbocycles. The van der Waals surface area contributed by atoms with Gasteiger partial charge in [-0.15, -0.1) is 0 Å². The van der Waals surface area contributed by atoms with Gasteiger partial charge in [-0.2, -0.15) is 11.3 Å². The molecule has 0 bridgehead atoms. The smallest absolute Gasteiger partial charge is 0.317 e. The number of ether oxygens (including phenoxy) is 1. The predicted octanol–water partition coefficient (Wildman–Crippen LogP) is 2.94. The average molecular weight is 331 g/mol. The van der Waals surface area contributed by atoms with E-state index in [2.05, 4.69) is 27.1 Å². The molecule has 122 valence electrons. The second-order valence-corrected chi connectivity index (χ2v) is 6.63. The van der Waals surface area contributed by atoms with Gasteiger partial charge in [0.2, 0.25) is 0 Å². The van der Waals surface area contributed by atoms with E-state index in [1.54, 1.807) is 23.7 Å². The summed E-state index contributed by atoms with van der Waals surface area (Å²) in [7, 11) is 0. The number of urea groups is 1. The van der Waals surface area contributed by atoms with Gasteiger partial charge in [-0.05, 0) is 47.9 Å². The van der Waals surface area contributed by atoms with Crippen LogP contribution >= 0.6 is 11.3 Å². The van der Waals surface area contributed by atoms with E-state index >= 15 is 0 Å². The molecule has 1 fully saturated rings. The molecule has 0 aliphatic carbocycles. The standard InChI is InChI=1S/C17H21N3O2S/c1-13(9-14-5-8-23-12-14)19-17(21)20-7-4-16(11-20)22-15-3-2-6-18-10-15/h2-3,5-6,8,10,12-13,16H,4,7,9,11H2,1H3,(H,19,21). The Morgan fingerprint density at radius 3 is 3.22 bits per heavy atom. The van der Waals surface area contributed by atoms with Crippen LogP contribution in [0.15, 0.2) is 41.4 Å². The van der Waals surface area contributed by atoms with Crippen molar-refractivity contribution in [3.05, 3.63) is 46.9 Å². The van der Waals surface area contributed by atoms with E-state index in [9.17, 15) is 4.79 Å². The molecular weight excluding hydrogens is 310 g/mol. The predicted molar refractivity (Wildman–Crippen MR) is 90.9 cm³/mol. The molecule has 2 aromatic rings. The molecule has 1 saturated heterocycles. The largest absolute Gasteiger partial charge is 0.487 e. The summed E-state index contributed by atoms with van der Waals surface area (Å²) in [5, 5.41) is 7.25. The van der Waals surface area contributed by atoms with E-state index in [0.717, 1.165) is 25.1 Å². The Hall–Kier alpha value is -2.08. The van der Waals surface area contributed by atoms with Crippen molar-refractivity contribution in [2.75, 3.05) is 13.1 Å². The lowest BCUT2D eigenvalue weighted by atomic mass is 10.1. The van der Waals surface area contributed by atoms with Crippen LogP contribution in [0.3, 0.4) is 0 Å². The zero-order chi connectivity index (χ0) is 16.1. The molecule has 2 aromatic heterocycles. The molecule has 1 N–H and O–H groups in total. The lowest BCUT2D eigenvalue weighted by Crippen LogP contribution is -2.44. The van der Waals surface area contributed by atoms with Crippen LogP contribution in [0, 0.1) is 0 Å². The third kappa shape index (κ3) is 4.45. The second-order valence-electron chi connectivity index (χ2n) is 5.85. The summed E-state index contributed by atoms with van der Waals surface area (Å²) in [6, 6.07) is 5.95. The number of amides is 2. The highest BCUT2D eigenvalue weighted by Crippen LogP contribution is 2.17. The molecular formula is C17H21N3O2S. The molecule has 2 unspecified atom stereocenters. The number of nitrogens with zero attached hydrogens (tertiary/aromatic N) is 2. The number of hydrogen-bond acceptors (Lipinski definition) is 4. The van der Waals surface area contributed by atoms with Crippen LogP contribution in [0.1, 0.15) is 18.9 Å². The molecule has 0 spiro atoms. The maximum atomic E-state index is 12.3. The van der Waals surface area contributed by atoms with Crippen LogP contribution in [-0.2, 0) is 6.42 Å². The first-order chi connectivity index (χ1) is 11.2. The number of nitrogens with one attached hydrogen (secondary N) is 1. The Morgan fingerprint density at radius 2 is 2.48 bits per heavy atom. The van der Waals surface area contributed by atoms with Gasteiger partial charge < -0.3 is 15.0 Å². The number of carbonyl (C=O) groups excluding carboxylic acids is 1. The Balaban J connectivity index is 1.45. The van der Waals surface area contributed by atoms with Crippen molar-refractivity contribution in [2.24, 2.45) is 0 Å². The van der Waals surface area contributed by atoms with E-state index in [4.69, 9.17) is 4.74 Å². The number of aromatic nitrogens is 1. The molecule has 5 nitrogen and oxygen atoms in total. The van der Waals surface area contributed by atoms with Crippen molar-refractivity contribution in [1.29, 1.82) is 0 Å². The van der Waals surface area contributed by atoms with Gasteiger partial charge in [0.1, 0.15) is 11.9 Å². The summed E-state index contributed by atoms with van der Waals surface area (Å²) >= 11 is 1.68. The third-order valence-corrected chi connectivity index (χ3v) is 4.59. The monoisotopic (exact) mass is 331 g/mol. The minimum atomic E-state index is -0.00924. The first kappa shape index (κ1) is 15.8. The van der Waals surface area contributed by atoms with Gasteiger partial charge in [0.25, 0.3) is 0 Å². The van der Waals surface area contributed by atoms with Crippen molar-refractivity contribution in [2.45, 2.75) is 31.9 Å². The van der Waals surface area contributed by atoms with Crippen LogP contribution in [0.2, 0.25) is 0 Å². The molecule has 23 heavy (non-hydrogen) atoms. The van der Waals surface area contributed by atoms with Gasteiger partial charge in [-0.25, -0.2) is 4.79 Å². The number of hydrogen-bond donors (Lipinski definition) is 1. The quantitative estimate of drug-likeness (QED) is 0.916. The number of rotatable bonds is 5. The van der Waals surface area contributed by atoms with Crippen LogP contribution in [0.4, 0.5) is 4.79 Å². The van der Waals surface area contributed by atoms with Crippen molar-refractivity contribution in [3.8, 4) is 5.75 Å². The molecule has 3 heterocycles. The van der Waals surface area contributed by atoms with Crippen molar-refractivity contribution >= 4 is 17.4 Å². The fraction of sp³-hybridized carbons (Fsp3) is 0.412. The normalized spacial score (nSPS) is 18.7. The zero-order valence-corrected chi connectivity index (χ0v) is 14.0. The molecule has 2 atom stereocenters. The lowest BCUT2D eigenvalue weighted by Gasteiger charge is -2.21. The highest BCUT2D eigenvalue weighted by molar-refractivity contribution is 7.07. The Bertz CT molecular complexity index is 618. The molecule has 1 aliphatic heterocycles. The minimum absolute atomic E-state index is 0.00924. The maximum absolute atomic E-state index is 12.3. The molecule has 0 aromatic carbocycles. The van der Waals surface area contributed by atoms with E-state index in [1.807, 2.05) is 24.0 Å². The third-order valence-electron chi connectivity index (χ3n) is 3.86. The van der Waals surface area contributed by atoms with E-state index in [-0.39, 0.29) is 18.2 Å². The van der Waals surface area contributed by atoms with E-state index in [1.165, 1.54) is 5.56 Å². The van der Waals surface area contributed by atoms with Crippen LogP contribution < -0.4 is 10.1 Å². The minimum Gasteiger partial charge on any atom is -0.487 e. The first-order valence-electron chi connectivity index (χ1n) is 7.84. The van der Waals surface area contributed by atoms with Gasteiger partial charge in [0.05, 0.1) is 12.7 Å². The van der Waals surface area contributed by atoms with Gasteiger partial charge >= 0.3 is 6.03 Å². The lowest BCUT2D eigenvalue weighted by molar-refractivity contribution is 0.184. The van der Waals surface area contributed by atoms with Crippen molar-refractivity contribution in [3.63, 3.8) is 0 Å². The highest BCUT2D eigenvalue weighted by atomic mass is 32.1. The van der Waals surface area contributed by atoms with Crippen LogP contribution in [0.25, 0.3) is 0 Å². The topological polar surface area (TPSA) is 54.5 Å². The van der Waals surface area contributed by atoms with Crippen molar-refractivity contribution in [1.82, 2.24) is 15.2 Å².